The fourth-order valence-electron chi connectivity index (χ4n) is 3.80. The Morgan fingerprint density at radius 2 is 1.76 bits per heavy atom. The first kappa shape index (κ1) is 14.1. The molecule has 1 saturated carbocycles. The van der Waals surface area contributed by atoms with Crippen molar-refractivity contribution in [1.29, 1.82) is 0 Å². The molecule has 1 heterocycles. The molecular formula is C17H20NO3-. The van der Waals surface area contributed by atoms with E-state index < -0.39 is 11.9 Å². The number of carbonyl (C=O) groups excluding carboxylic acids is 2. The van der Waals surface area contributed by atoms with Gasteiger partial charge >= 0.3 is 0 Å². The lowest BCUT2D eigenvalue weighted by Gasteiger charge is -2.37. The molecule has 3 rings (SSSR count). The Bertz CT molecular complexity index is 522. The minimum atomic E-state index is -1.12. The van der Waals surface area contributed by atoms with Gasteiger partial charge in [0.2, 0.25) is 5.91 Å². The average Bonchev–Trinajstić information content (AvgIpc) is 2.87. The molecular weight excluding hydrogens is 266 g/mol. The minimum absolute atomic E-state index is 0.0371. The molecule has 4 heteroatoms. The number of carbonyl (C=O) groups is 2. The normalized spacial score (nSPS) is 27.0. The van der Waals surface area contributed by atoms with E-state index >= 15 is 0 Å². The van der Waals surface area contributed by atoms with E-state index in [1.54, 1.807) is 0 Å². The van der Waals surface area contributed by atoms with Gasteiger partial charge in [0, 0.05) is 24.3 Å². The highest BCUT2D eigenvalue weighted by molar-refractivity contribution is 5.87. The van der Waals surface area contributed by atoms with Crippen molar-refractivity contribution in [3.63, 3.8) is 0 Å². The lowest BCUT2D eigenvalue weighted by molar-refractivity contribution is -0.312. The predicted octanol–water partition coefficient (Wildman–Crippen LogP) is 1.66. The molecule has 2 atom stereocenters. The monoisotopic (exact) mass is 286 g/mol. The van der Waals surface area contributed by atoms with E-state index in [1.807, 2.05) is 35.2 Å². The van der Waals surface area contributed by atoms with Crippen molar-refractivity contribution in [2.75, 3.05) is 0 Å². The van der Waals surface area contributed by atoms with Gasteiger partial charge in [0.25, 0.3) is 0 Å². The van der Waals surface area contributed by atoms with E-state index in [9.17, 15) is 14.7 Å². The summed E-state index contributed by atoms with van der Waals surface area (Å²) in [5.74, 6) is -1.89. The molecule has 1 aromatic carbocycles. The Balaban J connectivity index is 1.95. The van der Waals surface area contributed by atoms with Crippen LogP contribution in [0.25, 0.3) is 0 Å². The molecule has 1 saturated heterocycles. The number of benzene rings is 1. The summed E-state index contributed by atoms with van der Waals surface area (Å²) in [6.45, 7) is 0. The Morgan fingerprint density at radius 1 is 1.10 bits per heavy atom. The number of aliphatic carboxylic acids is 1. The SMILES string of the molecule is O=C([O-])[C@H]1CC(=O)N(C2CCCCC2)[C@@H]1c1ccccc1. The molecule has 1 amide bonds. The number of likely N-dealkylation sites (tertiary alicyclic amines) is 1. The standard InChI is InChI=1S/C17H21NO3/c19-15-11-14(17(20)21)16(12-7-3-1-4-8-12)18(15)13-9-5-2-6-10-13/h1,3-4,7-8,13-14,16H,2,5-6,9-11H2,(H,20,21)/p-1/t14-,16+/m0/s1. The summed E-state index contributed by atoms with van der Waals surface area (Å²) in [5.41, 5.74) is 0.906. The van der Waals surface area contributed by atoms with Crippen LogP contribution in [-0.4, -0.2) is 22.8 Å². The van der Waals surface area contributed by atoms with Crippen molar-refractivity contribution in [1.82, 2.24) is 4.90 Å². The smallest absolute Gasteiger partial charge is 0.224 e. The highest BCUT2D eigenvalue weighted by atomic mass is 16.4. The van der Waals surface area contributed by atoms with Gasteiger partial charge in [0.15, 0.2) is 0 Å². The number of carboxylic acids is 1. The number of carboxylic acid groups (broad SMARTS) is 1. The maximum atomic E-state index is 12.4. The Labute approximate surface area is 124 Å². The quantitative estimate of drug-likeness (QED) is 0.849. The van der Waals surface area contributed by atoms with Crippen molar-refractivity contribution in [3.05, 3.63) is 35.9 Å². The molecule has 2 aliphatic rings. The molecule has 4 nitrogen and oxygen atoms in total. The van der Waals surface area contributed by atoms with Crippen molar-refractivity contribution >= 4 is 11.9 Å². The molecule has 0 N–H and O–H groups in total. The van der Waals surface area contributed by atoms with Crippen LogP contribution >= 0.6 is 0 Å². The molecule has 0 radical (unpaired) electrons. The lowest BCUT2D eigenvalue weighted by atomic mass is 9.90. The van der Waals surface area contributed by atoms with E-state index in [2.05, 4.69) is 0 Å². The first-order chi connectivity index (χ1) is 10.2. The topological polar surface area (TPSA) is 60.4 Å². The summed E-state index contributed by atoms with van der Waals surface area (Å²) < 4.78 is 0. The van der Waals surface area contributed by atoms with Gasteiger partial charge in [-0.1, -0.05) is 49.6 Å². The van der Waals surface area contributed by atoms with Gasteiger partial charge in [-0.25, -0.2) is 0 Å². The van der Waals surface area contributed by atoms with Crippen LogP contribution in [0, 0.1) is 5.92 Å². The Hall–Kier alpha value is -1.84. The number of hydrogen-bond donors (Lipinski definition) is 0. The van der Waals surface area contributed by atoms with Gasteiger partial charge in [-0.3, -0.25) is 4.79 Å². The fraction of sp³-hybridized carbons (Fsp3) is 0.529. The zero-order valence-corrected chi connectivity index (χ0v) is 12.0. The minimum Gasteiger partial charge on any atom is -0.550 e. The number of nitrogens with zero attached hydrogens (tertiary/aromatic N) is 1. The maximum Gasteiger partial charge on any atom is 0.224 e. The van der Waals surface area contributed by atoms with E-state index in [0.717, 1.165) is 31.2 Å². The van der Waals surface area contributed by atoms with Crippen LogP contribution in [0.2, 0.25) is 0 Å². The van der Waals surface area contributed by atoms with Crippen molar-refractivity contribution in [2.24, 2.45) is 5.92 Å². The first-order valence-corrected chi connectivity index (χ1v) is 7.75. The summed E-state index contributed by atoms with van der Waals surface area (Å²) >= 11 is 0. The van der Waals surface area contributed by atoms with Crippen LogP contribution < -0.4 is 5.11 Å². The number of amides is 1. The molecule has 0 aromatic heterocycles. The third kappa shape index (κ3) is 2.67. The van der Waals surface area contributed by atoms with Gasteiger partial charge in [-0.15, -0.1) is 0 Å². The summed E-state index contributed by atoms with van der Waals surface area (Å²) in [5, 5.41) is 11.5. The molecule has 1 aromatic rings. The second-order valence-electron chi connectivity index (χ2n) is 6.08. The highest BCUT2D eigenvalue weighted by Gasteiger charge is 2.44. The van der Waals surface area contributed by atoms with Gasteiger partial charge in [-0.05, 0) is 18.4 Å². The average molecular weight is 286 g/mol. The van der Waals surface area contributed by atoms with Crippen molar-refractivity contribution in [3.8, 4) is 0 Å². The van der Waals surface area contributed by atoms with Gasteiger partial charge in [-0.2, -0.15) is 0 Å². The Kier molecular flexibility index (Phi) is 3.95. The summed E-state index contributed by atoms with van der Waals surface area (Å²) in [6.07, 6.45) is 5.47. The van der Waals surface area contributed by atoms with Crippen LogP contribution in [0.1, 0.15) is 50.1 Å². The summed E-state index contributed by atoms with van der Waals surface area (Å²) in [7, 11) is 0. The molecule has 0 spiro atoms. The molecule has 21 heavy (non-hydrogen) atoms. The van der Waals surface area contributed by atoms with Crippen LogP contribution in [0.3, 0.4) is 0 Å². The first-order valence-electron chi connectivity index (χ1n) is 7.75. The molecule has 0 unspecified atom stereocenters. The fourth-order valence-corrected chi connectivity index (χ4v) is 3.80. The van der Waals surface area contributed by atoms with E-state index in [1.165, 1.54) is 6.42 Å². The predicted molar refractivity (Wildman–Crippen MR) is 76.0 cm³/mol. The second-order valence-corrected chi connectivity index (χ2v) is 6.08. The third-order valence-electron chi connectivity index (χ3n) is 4.78. The van der Waals surface area contributed by atoms with Crippen LogP contribution in [0.5, 0.6) is 0 Å². The largest absolute Gasteiger partial charge is 0.550 e. The molecule has 112 valence electrons. The highest BCUT2D eigenvalue weighted by Crippen LogP contribution is 2.41. The molecule has 1 aliphatic heterocycles. The van der Waals surface area contributed by atoms with E-state index in [4.69, 9.17) is 0 Å². The molecule has 0 bridgehead atoms. The van der Waals surface area contributed by atoms with Crippen LogP contribution in [0.15, 0.2) is 30.3 Å². The van der Waals surface area contributed by atoms with Crippen LogP contribution in [0.4, 0.5) is 0 Å². The lowest BCUT2D eigenvalue weighted by Crippen LogP contribution is -2.42. The molecule has 2 fully saturated rings. The maximum absolute atomic E-state index is 12.4. The van der Waals surface area contributed by atoms with Gasteiger partial charge in [0.05, 0.1) is 6.04 Å². The zero-order chi connectivity index (χ0) is 14.8. The van der Waals surface area contributed by atoms with E-state index in [0.29, 0.717) is 0 Å². The second kappa shape index (κ2) is 5.88. The Morgan fingerprint density at radius 3 is 2.38 bits per heavy atom. The van der Waals surface area contributed by atoms with Crippen LogP contribution in [-0.2, 0) is 9.59 Å². The summed E-state index contributed by atoms with van der Waals surface area (Å²) in [4.78, 5) is 25.7. The number of hydrogen-bond acceptors (Lipinski definition) is 3. The summed E-state index contributed by atoms with van der Waals surface area (Å²) in [6, 6.07) is 9.32. The van der Waals surface area contributed by atoms with Crippen molar-refractivity contribution < 1.29 is 14.7 Å². The van der Waals surface area contributed by atoms with Crippen molar-refractivity contribution in [2.45, 2.75) is 50.6 Å². The molecule has 1 aliphatic carbocycles. The zero-order valence-electron chi connectivity index (χ0n) is 12.0. The number of rotatable bonds is 3. The van der Waals surface area contributed by atoms with E-state index in [-0.39, 0.29) is 24.4 Å². The third-order valence-corrected chi connectivity index (χ3v) is 4.78. The van der Waals surface area contributed by atoms with Gasteiger partial charge < -0.3 is 14.8 Å². The van der Waals surface area contributed by atoms with Gasteiger partial charge in [0.1, 0.15) is 0 Å².